The second-order valence-corrected chi connectivity index (χ2v) is 5.31. The third-order valence-electron chi connectivity index (χ3n) is 3.51. The molecule has 0 saturated heterocycles. The molecule has 1 heterocycles. The molecule has 0 N–H and O–H groups in total. The summed E-state index contributed by atoms with van der Waals surface area (Å²) in [6.45, 7) is 0.122. The van der Waals surface area contributed by atoms with Crippen molar-refractivity contribution < 1.29 is 9.53 Å². The first-order chi connectivity index (χ1) is 10.2. The average Bonchev–Trinajstić information content (AvgIpc) is 2.87. The van der Waals surface area contributed by atoms with Crippen LogP contribution < -0.4 is 10.6 Å². The maximum atomic E-state index is 11.5. The monoisotopic (exact) mass is 302 g/mol. The summed E-state index contributed by atoms with van der Waals surface area (Å²) in [7, 11) is 1.38. The number of aromatic nitrogens is 2. The van der Waals surface area contributed by atoms with E-state index in [2.05, 4.69) is 17.3 Å². The number of rotatable bonds is 3. The predicted octanol–water partition coefficient (Wildman–Crippen LogP) is 1.73. The number of carbonyl (C=O) groups excluding carboxylic acids is 1. The van der Waals surface area contributed by atoms with Crippen LogP contribution in [-0.4, -0.2) is 22.9 Å². The molecule has 21 heavy (non-hydrogen) atoms. The lowest BCUT2D eigenvalue weighted by molar-refractivity contribution is -0.141. The maximum Gasteiger partial charge on any atom is 0.327 e. The summed E-state index contributed by atoms with van der Waals surface area (Å²) in [5.41, 5.74) is 1.87. The number of hydrogen-bond acceptors (Lipinski definition) is 3. The number of esters is 1. The molecule has 0 saturated carbocycles. The Bertz CT molecular complexity index is 791. The number of benzene rings is 1. The average molecular weight is 303 g/mol. The molecular formula is C16H15ClN2O2. The predicted molar refractivity (Wildman–Crippen MR) is 82.1 cm³/mol. The Morgan fingerprint density at radius 2 is 2.00 bits per heavy atom. The van der Waals surface area contributed by atoms with E-state index in [-0.39, 0.29) is 12.5 Å². The topological polar surface area (TPSA) is 44.1 Å². The van der Waals surface area contributed by atoms with Crippen LogP contribution in [0.5, 0.6) is 0 Å². The van der Waals surface area contributed by atoms with Crippen molar-refractivity contribution in [1.82, 2.24) is 9.78 Å². The van der Waals surface area contributed by atoms with Crippen molar-refractivity contribution in [2.75, 3.05) is 7.11 Å². The van der Waals surface area contributed by atoms with E-state index in [0.717, 1.165) is 34.7 Å². The van der Waals surface area contributed by atoms with Gasteiger partial charge in [0, 0.05) is 15.8 Å². The summed E-state index contributed by atoms with van der Waals surface area (Å²) in [4.78, 5) is 11.5. The summed E-state index contributed by atoms with van der Waals surface area (Å²) < 4.78 is 6.44. The molecule has 0 spiro atoms. The van der Waals surface area contributed by atoms with E-state index < -0.39 is 0 Å². The van der Waals surface area contributed by atoms with E-state index >= 15 is 0 Å². The molecule has 5 heteroatoms. The Morgan fingerprint density at radius 3 is 2.71 bits per heavy atom. The maximum absolute atomic E-state index is 11.5. The molecule has 0 unspecified atom stereocenters. The molecule has 3 rings (SSSR count). The van der Waals surface area contributed by atoms with Crippen molar-refractivity contribution in [1.29, 1.82) is 0 Å². The highest BCUT2D eigenvalue weighted by molar-refractivity contribution is 6.30. The molecule has 0 amide bonds. The fourth-order valence-corrected chi connectivity index (χ4v) is 2.61. The van der Waals surface area contributed by atoms with Crippen molar-refractivity contribution in [3.05, 3.63) is 39.9 Å². The zero-order valence-corrected chi connectivity index (χ0v) is 12.4. The standard InChI is InChI=1S/C16H15ClN2O2/c1-21-15(20)10-19-14-5-3-2-4-13(14)16(18-19)11-6-8-12(17)9-7-11/h4-9H,2-3,10H2,1H3. The Kier molecular flexibility index (Phi) is 3.80. The van der Waals surface area contributed by atoms with Gasteiger partial charge >= 0.3 is 5.97 Å². The van der Waals surface area contributed by atoms with Gasteiger partial charge in [-0.05, 0) is 25.0 Å². The van der Waals surface area contributed by atoms with Crippen molar-refractivity contribution in [3.8, 4) is 11.3 Å². The van der Waals surface area contributed by atoms with Crippen LogP contribution >= 0.6 is 11.6 Å². The SMILES string of the molecule is COC(=O)Cn1nc(-c2ccc(Cl)cc2)c2c1=CCCC=2. The third kappa shape index (κ3) is 2.72. The van der Waals surface area contributed by atoms with Crippen LogP contribution in [0, 0.1) is 0 Å². The van der Waals surface area contributed by atoms with Gasteiger partial charge in [0.15, 0.2) is 0 Å². The van der Waals surface area contributed by atoms with Crippen LogP contribution in [0.4, 0.5) is 0 Å². The van der Waals surface area contributed by atoms with Crippen molar-refractivity contribution >= 4 is 29.7 Å². The van der Waals surface area contributed by atoms with Crippen LogP contribution in [0.25, 0.3) is 23.4 Å². The zero-order valence-electron chi connectivity index (χ0n) is 11.7. The van der Waals surface area contributed by atoms with Gasteiger partial charge in [-0.25, -0.2) is 0 Å². The van der Waals surface area contributed by atoms with Gasteiger partial charge in [-0.1, -0.05) is 35.9 Å². The number of fused-ring (bicyclic) bond motifs is 1. The van der Waals surface area contributed by atoms with Crippen LogP contribution in [0.2, 0.25) is 5.02 Å². The Labute approximate surface area is 127 Å². The number of ether oxygens (including phenoxy) is 1. The minimum atomic E-state index is -0.304. The molecule has 2 aromatic rings. The fraction of sp³-hybridized carbons (Fsp3) is 0.250. The Hall–Kier alpha value is -2.07. The molecule has 0 radical (unpaired) electrons. The number of carbonyl (C=O) groups is 1. The van der Waals surface area contributed by atoms with Gasteiger partial charge in [0.2, 0.25) is 0 Å². The molecule has 1 aromatic carbocycles. The first kappa shape index (κ1) is 13.9. The molecule has 0 bridgehead atoms. The van der Waals surface area contributed by atoms with Crippen LogP contribution in [-0.2, 0) is 16.1 Å². The third-order valence-corrected chi connectivity index (χ3v) is 3.76. The van der Waals surface area contributed by atoms with Gasteiger partial charge in [-0.15, -0.1) is 0 Å². The second-order valence-electron chi connectivity index (χ2n) is 4.87. The lowest BCUT2D eigenvalue weighted by atomic mass is 10.1. The number of nitrogens with zero attached hydrogens (tertiary/aromatic N) is 2. The Balaban J connectivity index is 2.14. The zero-order chi connectivity index (χ0) is 14.8. The number of hydrogen-bond donors (Lipinski definition) is 0. The van der Waals surface area contributed by atoms with Crippen molar-refractivity contribution in [2.24, 2.45) is 0 Å². The lowest BCUT2D eigenvalue weighted by Crippen LogP contribution is -2.33. The lowest BCUT2D eigenvalue weighted by Gasteiger charge is -2.01. The molecule has 0 atom stereocenters. The van der Waals surface area contributed by atoms with Crippen LogP contribution in [0.3, 0.4) is 0 Å². The quantitative estimate of drug-likeness (QED) is 0.811. The molecule has 108 valence electrons. The first-order valence-electron chi connectivity index (χ1n) is 6.79. The summed E-state index contributed by atoms with van der Waals surface area (Å²) in [6, 6.07) is 7.57. The van der Waals surface area contributed by atoms with E-state index in [1.807, 2.05) is 24.3 Å². The molecule has 0 fully saturated rings. The van der Waals surface area contributed by atoms with E-state index in [9.17, 15) is 4.79 Å². The highest BCUT2D eigenvalue weighted by atomic mass is 35.5. The Morgan fingerprint density at radius 1 is 1.29 bits per heavy atom. The van der Waals surface area contributed by atoms with Crippen LogP contribution in [0.1, 0.15) is 12.8 Å². The minimum Gasteiger partial charge on any atom is -0.468 e. The normalized spacial score (nSPS) is 13.0. The number of halogens is 1. The number of methoxy groups -OCH3 is 1. The summed E-state index contributed by atoms with van der Waals surface area (Å²) >= 11 is 5.93. The second kappa shape index (κ2) is 5.74. The van der Waals surface area contributed by atoms with Crippen LogP contribution in [0.15, 0.2) is 24.3 Å². The van der Waals surface area contributed by atoms with E-state index in [0.29, 0.717) is 5.02 Å². The summed E-state index contributed by atoms with van der Waals surface area (Å²) in [5, 5.41) is 7.34. The molecule has 1 aromatic heterocycles. The molecule has 4 nitrogen and oxygen atoms in total. The smallest absolute Gasteiger partial charge is 0.327 e. The van der Waals surface area contributed by atoms with E-state index in [4.69, 9.17) is 16.3 Å². The van der Waals surface area contributed by atoms with Gasteiger partial charge in [0.25, 0.3) is 0 Å². The first-order valence-corrected chi connectivity index (χ1v) is 7.17. The molecule has 0 aliphatic heterocycles. The van der Waals surface area contributed by atoms with Gasteiger partial charge in [0.1, 0.15) is 6.54 Å². The minimum absolute atomic E-state index is 0.122. The van der Waals surface area contributed by atoms with Gasteiger partial charge in [0.05, 0.1) is 18.2 Å². The van der Waals surface area contributed by atoms with Crippen molar-refractivity contribution in [3.63, 3.8) is 0 Å². The van der Waals surface area contributed by atoms with Crippen molar-refractivity contribution in [2.45, 2.75) is 19.4 Å². The van der Waals surface area contributed by atoms with E-state index in [1.54, 1.807) is 4.68 Å². The fourth-order valence-electron chi connectivity index (χ4n) is 2.48. The van der Waals surface area contributed by atoms with E-state index in [1.165, 1.54) is 7.11 Å². The molecule has 1 aliphatic carbocycles. The summed E-state index contributed by atoms with van der Waals surface area (Å²) in [5.74, 6) is -0.304. The highest BCUT2D eigenvalue weighted by Crippen LogP contribution is 2.17. The molecule has 1 aliphatic rings. The highest BCUT2D eigenvalue weighted by Gasteiger charge is 2.13. The van der Waals surface area contributed by atoms with Gasteiger partial charge in [-0.2, -0.15) is 5.10 Å². The van der Waals surface area contributed by atoms with Gasteiger partial charge < -0.3 is 4.74 Å². The summed E-state index contributed by atoms with van der Waals surface area (Å²) in [6.07, 6.45) is 6.22. The van der Waals surface area contributed by atoms with Gasteiger partial charge in [-0.3, -0.25) is 9.48 Å². The largest absolute Gasteiger partial charge is 0.468 e. The molecular weight excluding hydrogens is 288 g/mol.